The first-order chi connectivity index (χ1) is 14.3. The van der Waals surface area contributed by atoms with Gasteiger partial charge in [-0.2, -0.15) is 4.98 Å². The Bertz CT molecular complexity index is 953. The summed E-state index contributed by atoms with van der Waals surface area (Å²) in [5.74, 6) is 2.66. The molecular formula is C24H34N4O2. The smallest absolute Gasteiger partial charge is 0.350 e. The van der Waals surface area contributed by atoms with Crippen LogP contribution < -0.4 is 21.5 Å². The molecule has 1 aliphatic heterocycles. The van der Waals surface area contributed by atoms with Crippen molar-refractivity contribution in [3.05, 3.63) is 40.4 Å². The van der Waals surface area contributed by atoms with Crippen molar-refractivity contribution in [2.24, 2.45) is 11.7 Å². The van der Waals surface area contributed by atoms with Crippen LogP contribution in [0.1, 0.15) is 77.3 Å². The number of nitrogens with two attached hydrogens (primary N) is 1. The molecule has 3 N–H and O–H groups in total. The second-order valence-electron chi connectivity index (χ2n) is 9.79. The van der Waals surface area contributed by atoms with Crippen LogP contribution in [-0.4, -0.2) is 16.1 Å². The third-order valence-electron chi connectivity index (χ3n) is 6.51. The van der Waals surface area contributed by atoms with E-state index in [1.54, 1.807) is 4.57 Å². The van der Waals surface area contributed by atoms with E-state index in [0.717, 1.165) is 56.0 Å². The number of hydrogen-bond donors (Lipinski definition) is 2. The van der Waals surface area contributed by atoms with Gasteiger partial charge in [0.05, 0.1) is 11.9 Å². The van der Waals surface area contributed by atoms with Crippen molar-refractivity contribution in [1.29, 1.82) is 0 Å². The van der Waals surface area contributed by atoms with Crippen LogP contribution in [0, 0.1) is 5.92 Å². The Morgan fingerprint density at radius 1 is 1.17 bits per heavy atom. The lowest BCUT2D eigenvalue weighted by Gasteiger charge is -2.30. The molecule has 6 heteroatoms. The maximum absolute atomic E-state index is 12.8. The van der Waals surface area contributed by atoms with E-state index in [2.05, 4.69) is 43.2 Å². The molecule has 1 fully saturated rings. The summed E-state index contributed by atoms with van der Waals surface area (Å²) in [4.78, 5) is 17.1. The zero-order chi connectivity index (χ0) is 21.3. The first-order valence-electron chi connectivity index (χ1n) is 11.3. The van der Waals surface area contributed by atoms with Gasteiger partial charge in [0.15, 0.2) is 17.3 Å². The van der Waals surface area contributed by atoms with Crippen molar-refractivity contribution < 1.29 is 4.74 Å². The van der Waals surface area contributed by atoms with Gasteiger partial charge in [0.1, 0.15) is 0 Å². The number of anilines is 2. The quantitative estimate of drug-likeness (QED) is 0.561. The van der Waals surface area contributed by atoms with Crippen LogP contribution in [-0.2, 0) is 5.41 Å². The van der Waals surface area contributed by atoms with Gasteiger partial charge in [0, 0.05) is 6.04 Å². The summed E-state index contributed by atoms with van der Waals surface area (Å²) in [5.41, 5.74) is 7.51. The monoisotopic (exact) mass is 410 g/mol. The first-order valence-corrected chi connectivity index (χ1v) is 11.3. The van der Waals surface area contributed by atoms with Gasteiger partial charge in [-0.3, -0.25) is 4.57 Å². The van der Waals surface area contributed by atoms with Gasteiger partial charge in [-0.1, -0.05) is 39.7 Å². The summed E-state index contributed by atoms with van der Waals surface area (Å²) in [7, 11) is 0. The molecule has 0 bridgehead atoms. The topological polar surface area (TPSA) is 82.2 Å². The number of nitrogens with zero attached hydrogens (tertiary/aromatic N) is 2. The molecule has 0 amide bonds. The number of fused-ring (bicyclic) bond motifs is 2. The summed E-state index contributed by atoms with van der Waals surface area (Å²) in [6.07, 6.45) is 9.78. The van der Waals surface area contributed by atoms with Gasteiger partial charge in [-0.05, 0) is 67.7 Å². The zero-order valence-corrected chi connectivity index (χ0v) is 18.4. The molecule has 0 atom stereocenters. The standard InChI is InChI=1S/C24H34N4O2/c1-24(2,3)17-9-12-20-19(14-17)26-22-21(30-20)15-28(23(29)27-22)18-10-7-16(8-11-18)6-4-5-13-25/h9,12,14-16,18H,4-8,10-11,13,25H2,1-3H3,(H,26,27,29). The Morgan fingerprint density at radius 2 is 1.93 bits per heavy atom. The number of rotatable bonds is 5. The van der Waals surface area contributed by atoms with Crippen LogP contribution in [0.5, 0.6) is 11.5 Å². The molecule has 1 aromatic carbocycles. The van der Waals surface area contributed by atoms with Crippen LogP contribution in [0.15, 0.2) is 29.2 Å². The van der Waals surface area contributed by atoms with E-state index in [0.29, 0.717) is 11.6 Å². The molecule has 4 rings (SSSR count). The van der Waals surface area contributed by atoms with Gasteiger partial charge in [0.25, 0.3) is 0 Å². The highest BCUT2D eigenvalue weighted by Gasteiger charge is 2.26. The Balaban J connectivity index is 1.49. The average molecular weight is 411 g/mol. The van der Waals surface area contributed by atoms with E-state index < -0.39 is 0 Å². The number of aromatic nitrogens is 2. The molecule has 162 valence electrons. The minimum absolute atomic E-state index is 0.0387. The number of nitrogens with one attached hydrogen (secondary N) is 1. The lowest BCUT2D eigenvalue weighted by atomic mass is 9.83. The summed E-state index contributed by atoms with van der Waals surface area (Å²) in [5, 5.41) is 3.30. The maximum Gasteiger partial charge on any atom is 0.350 e. The van der Waals surface area contributed by atoms with Crippen LogP contribution in [0.2, 0.25) is 0 Å². The third-order valence-corrected chi connectivity index (χ3v) is 6.51. The third kappa shape index (κ3) is 4.38. The second kappa shape index (κ2) is 8.42. The van der Waals surface area contributed by atoms with Gasteiger partial charge in [-0.15, -0.1) is 0 Å². The molecule has 0 saturated heterocycles. The van der Waals surface area contributed by atoms with Crippen LogP contribution in [0.4, 0.5) is 11.5 Å². The molecule has 6 nitrogen and oxygen atoms in total. The Morgan fingerprint density at radius 3 is 2.63 bits per heavy atom. The number of unbranched alkanes of at least 4 members (excludes halogenated alkanes) is 1. The van der Waals surface area contributed by atoms with Crippen molar-refractivity contribution in [3.63, 3.8) is 0 Å². The lowest BCUT2D eigenvalue weighted by Crippen LogP contribution is -2.30. The summed E-state index contributed by atoms with van der Waals surface area (Å²) >= 11 is 0. The highest BCUT2D eigenvalue weighted by Crippen LogP contribution is 2.43. The summed E-state index contributed by atoms with van der Waals surface area (Å²) < 4.78 is 7.90. The molecular weight excluding hydrogens is 376 g/mol. The predicted molar refractivity (Wildman–Crippen MR) is 121 cm³/mol. The van der Waals surface area contributed by atoms with E-state index in [-0.39, 0.29) is 17.1 Å². The molecule has 1 saturated carbocycles. The Hall–Kier alpha value is -2.34. The van der Waals surface area contributed by atoms with E-state index in [1.807, 2.05) is 12.3 Å². The normalized spacial score (nSPS) is 20.7. The van der Waals surface area contributed by atoms with Gasteiger partial charge in [-0.25, -0.2) is 4.79 Å². The molecule has 2 aromatic rings. The largest absolute Gasteiger partial charge is 0.450 e. The first kappa shape index (κ1) is 20.9. The van der Waals surface area contributed by atoms with E-state index in [1.165, 1.54) is 18.4 Å². The predicted octanol–water partition coefficient (Wildman–Crippen LogP) is 5.25. The number of ether oxygens (including phenoxy) is 1. The Kier molecular flexibility index (Phi) is 5.87. The van der Waals surface area contributed by atoms with Gasteiger partial charge in [0.2, 0.25) is 0 Å². The van der Waals surface area contributed by atoms with Gasteiger partial charge < -0.3 is 15.8 Å². The van der Waals surface area contributed by atoms with Crippen LogP contribution in [0.25, 0.3) is 0 Å². The molecule has 1 aliphatic carbocycles. The average Bonchev–Trinajstić information content (AvgIpc) is 2.71. The van der Waals surface area contributed by atoms with E-state index >= 15 is 0 Å². The van der Waals surface area contributed by atoms with Crippen molar-refractivity contribution in [2.75, 3.05) is 11.9 Å². The minimum atomic E-state index is -0.202. The Labute approximate surface area is 178 Å². The summed E-state index contributed by atoms with van der Waals surface area (Å²) in [6, 6.07) is 6.38. The molecule has 2 aliphatic rings. The van der Waals surface area contributed by atoms with Crippen molar-refractivity contribution in [3.8, 4) is 11.5 Å². The molecule has 0 spiro atoms. The lowest BCUT2D eigenvalue weighted by molar-refractivity contribution is 0.253. The number of hydrogen-bond acceptors (Lipinski definition) is 5. The van der Waals surface area contributed by atoms with Crippen molar-refractivity contribution in [1.82, 2.24) is 9.55 Å². The van der Waals surface area contributed by atoms with Crippen LogP contribution >= 0.6 is 0 Å². The fourth-order valence-electron chi connectivity index (χ4n) is 4.60. The SMILES string of the molecule is CC(C)(C)c1ccc2c(c1)Nc1nc(=O)n(C3CCC(CCCCN)CC3)cc1O2. The molecule has 0 unspecified atom stereocenters. The van der Waals surface area contributed by atoms with E-state index in [4.69, 9.17) is 10.5 Å². The fraction of sp³-hybridized carbons (Fsp3) is 0.583. The molecule has 30 heavy (non-hydrogen) atoms. The van der Waals surface area contributed by atoms with Crippen molar-refractivity contribution >= 4 is 11.5 Å². The highest BCUT2D eigenvalue weighted by molar-refractivity contribution is 5.73. The van der Waals surface area contributed by atoms with Crippen molar-refractivity contribution in [2.45, 2.75) is 77.2 Å². The van der Waals surface area contributed by atoms with Crippen LogP contribution in [0.3, 0.4) is 0 Å². The van der Waals surface area contributed by atoms with Gasteiger partial charge >= 0.3 is 5.69 Å². The summed E-state index contributed by atoms with van der Waals surface area (Å²) in [6.45, 7) is 7.31. The minimum Gasteiger partial charge on any atom is -0.450 e. The molecule has 2 heterocycles. The second-order valence-corrected chi connectivity index (χ2v) is 9.79. The zero-order valence-electron chi connectivity index (χ0n) is 18.4. The van der Waals surface area contributed by atoms with E-state index in [9.17, 15) is 4.79 Å². The number of benzene rings is 1. The highest BCUT2D eigenvalue weighted by atomic mass is 16.5. The molecule has 0 radical (unpaired) electrons. The maximum atomic E-state index is 12.8. The fourth-order valence-corrected chi connectivity index (χ4v) is 4.60. The molecule has 1 aromatic heterocycles.